The summed E-state index contributed by atoms with van der Waals surface area (Å²) < 4.78 is 2.19. The van der Waals surface area contributed by atoms with E-state index < -0.39 is 0 Å². The molecule has 3 nitrogen and oxygen atoms in total. The van der Waals surface area contributed by atoms with Crippen LogP contribution in [0.15, 0.2) is 88.8 Å². The van der Waals surface area contributed by atoms with Gasteiger partial charge in [0.1, 0.15) is 0 Å². The van der Waals surface area contributed by atoms with Crippen molar-refractivity contribution in [3.63, 3.8) is 0 Å². The number of rotatable bonds is 5. The molecule has 0 aliphatic carbocycles. The predicted molar refractivity (Wildman–Crippen MR) is 113 cm³/mol. The highest BCUT2D eigenvalue weighted by Gasteiger charge is 2.13. The molecule has 4 rings (SSSR count). The SMILES string of the molecule is CCSc1cc2c(cn1)c(=O)cc(Cc1ccccc1)n2-c1ccccc1. The Morgan fingerprint density at radius 3 is 2.37 bits per heavy atom. The minimum Gasteiger partial charge on any atom is -0.313 e. The van der Waals surface area contributed by atoms with Crippen molar-refractivity contribution < 1.29 is 0 Å². The summed E-state index contributed by atoms with van der Waals surface area (Å²) in [5.41, 5.74) is 4.13. The average Bonchev–Trinajstić information content (AvgIpc) is 2.70. The molecular weight excluding hydrogens is 352 g/mol. The molecule has 0 saturated heterocycles. The molecule has 4 heteroatoms. The molecule has 0 atom stereocenters. The molecule has 0 unspecified atom stereocenters. The van der Waals surface area contributed by atoms with Gasteiger partial charge >= 0.3 is 0 Å². The maximum atomic E-state index is 12.8. The summed E-state index contributed by atoms with van der Waals surface area (Å²) in [7, 11) is 0. The molecule has 0 aliphatic rings. The van der Waals surface area contributed by atoms with Crippen LogP contribution in [0, 0.1) is 0 Å². The molecule has 4 aromatic rings. The van der Waals surface area contributed by atoms with Crippen molar-refractivity contribution in [2.75, 3.05) is 5.75 Å². The van der Waals surface area contributed by atoms with Gasteiger partial charge in [-0.15, -0.1) is 11.8 Å². The van der Waals surface area contributed by atoms with Crippen LogP contribution in [0.3, 0.4) is 0 Å². The van der Waals surface area contributed by atoms with Crippen molar-refractivity contribution in [2.24, 2.45) is 0 Å². The Morgan fingerprint density at radius 2 is 1.67 bits per heavy atom. The Morgan fingerprint density at radius 1 is 0.963 bits per heavy atom. The molecule has 0 saturated carbocycles. The quantitative estimate of drug-likeness (QED) is 0.458. The highest BCUT2D eigenvalue weighted by molar-refractivity contribution is 7.99. The van der Waals surface area contributed by atoms with E-state index in [1.165, 1.54) is 5.56 Å². The molecule has 0 fully saturated rings. The Labute approximate surface area is 162 Å². The van der Waals surface area contributed by atoms with Gasteiger partial charge in [0, 0.05) is 30.1 Å². The zero-order valence-corrected chi connectivity index (χ0v) is 15.9. The van der Waals surface area contributed by atoms with Gasteiger partial charge in [-0.25, -0.2) is 4.98 Å². The Balaban J connectivity index is 1.99. The van der Waals surface area contributed by atoms with E-state index in [1.807, 2.05) is 42.5 Å². The van der Waals surface area contributed by atoms with Gasteiger partial charge in [-0.3, -0.25) is 4.79 Å². The highest BCUT2D eigenvalue weighted by atomic mass is 32.2. The lowest BCUT2D eigenvalue weighted by atomic mass is 10.1. The Kier molecular flexibility index (Phi) is 5.07. The van der Waals surface area contributed by atoms with E-state index >= 15 is 0 Å². The van der Waals surface area contributed by atoms with Crippen LogP contribution >= 0.6 is 11.8 Å². The van der Waals surface area contributed by atoms with E-state index in [0.29, 0.717) is 11.8 Å². The molecule has 2 aromatic heterocycles. The van der Waals surface area contributed by atoms with Crippen LogP contribution in [0.4, 0.5) is 0 Å². The monoisotopic (exact) mass is 372 g/mol. The number of fused-ring (bicyclic) bond motifs is 1. The number of pyridine rings is 2. The summed E-state index contributed by atoms with van der Waals surface area (Å²) in [6.07, 6.45) is 2.40. The number of thioether (sulfide) groups is 1. The Hall–Kier alpha value is -2.85. The largest absolute Gasteiger partial charge is 0.313 e. The van der Waals surface area contributed by atoms with Crippen LogP contribution < -0.4 is 5.43 Å². The van der Waals surface area contributed by atoms with Crippen molar-refractivity contribution in [1.82, 2.24) is 9.55 Å². The van der Waals surface area contributed by atoms with Crippen LogP contribution in [0.25, 0.3) is 16.6 Å². The number of hydrogen-bond acceptors (Lipinski definition) is 3. The first kappa shape index (κ1) is 17.6. The average molecular weight is 372 g/mol. The van der Waals surface area contributed by atoms with Crippen LogP contribution in [0.5, 0.6) is 0 Å². The molecule has 27 heavy (non-hydrogen) atoms. The van der Waals surface area contributed by atoms with Crippen LogP contribution in [-0.4, -0.2) is 15.3 Å². The van der Waals surface area contributed by atoms with Gasteiger partial charge in [0.2, 0.25) is 0 Å². The third-order valence-electron chi connectivity index (χ3n) is 4.48. The molecule has 0 spiro atoms. The van der Waals surface area contributed by atoms with Crippen molar-refractivity contribution >= 4 is 22.7 Å². The molecule has 0 N–H and O–H groups in total. The van der Waals surface area contributed by atoms with Crippen molar-refractivity contribution in [1.29, 1.82) is 0 Å². The van der Waals surface area contributed by atoms with Crippen LogP contribution in [0.2, 0.25) is 0 Å². The summed E-state index contributed by atoms with van der Waals surface area (Å²) in [4.78, 5) is 17.2. The molecule has 2 heterocycles. The number of hydrogen-bond donors (Lipinski definition) is 0. The van der Waals surface area contributed by atoms with E-state index in [-0.39, 0.29) is 5.43 Å². The third-order valence-corrected chi connectivity index (χ3v) is 5.29. The van der Waals surface area contributed by atoms with Crippen molar-refractivity contribution in [2.45, 2.75) is 18.4 Å². The van der Waals surface area contributed by atoms with E-state index in [9.17, 15) is 4.79 Å². The fraction of sp³-hybridized carbons (Fsp3) is 0.130. The van der Waals surface area contributed by atoms with E-state index in [2.05, 4.69) is 40.7 Å². The topological polar surface area (TPSA) is 34.9 Å². The van der Waals surface area contributed by atoms with E-state index in [4.69, 9.17) is 0 Å². The maximum absolute atomic E-state index is 12.8. The number of nitrogens with zero attached hydrogens (tertiary/aromatic N) is 2. The summed E-state index contributed by atoms with van der Waals surface area (Å²) in [6.45, 7) is 2.10. The highest BCUT2D eigenvalue weighted by Crippen LogP contribution is 2.24. The predicted octanol–water partition coefficient (Wildman–Crippen LogP) is 5.09. The van der Waals surface area contributed by atoms with Gasteiger partial charge in [-0.05, 0) is 29.5 Å². The van der Waals surface area contributed by atoms with Gasteiger partial charge < -0.3 is 4.57 Å². The van der Waals surface area contributed by atoms with Crippen molar-refractivity contribution in [3.05, 3.63) is 100 Å². The second-order valence-electron chi connectivity index (χ2n) is 6.31. The minimum absolute atomic E-state index is 0.0173. The minimum atomic E-state index is 0.0173. The first-order valence-electron chi connectivity index (χ1n) is 9.03. The molecule has 0 radical (unpaired) electrons. The molecule has 2 aromatic carbocycles. The van der Waals surface area contributed by atoms with Gasteiger partial charge in [0.05, 0.1) is 15.9 Å². The maximum Gasteiger partial charge on any atom is 0.191 e. The second kappa shape index (κ2) is 7.80. The first-order valence-corrected chi connectivity index (χ1v) is 10.0. The molecule has 0 bridgehead atoms. The molecular formula is C23H20N2OS. The molecule has 0 aliphatic heterocycles. The lowest BCUT2D eigenvalue weighted by Crippen LogP contribution is -2.14. The van der Waals surface area contributed by atoms with Crippen LogP contribution in [-0.2, 0) is 6.42 Å². The van der Waals surface area contributed by atoms with Crippen molar-refractivity contribution in [3.8, 4) is 5.69 Å². The van der Waals surface area contributed by atoms with Gasteiger partial charge in [0.25, 0.3) is 0 Å². The van der Waals surface area contributed by atoms with E-state index in [0.717, 1.165) is 27.7 Å². The fourth-order valence-corrected chi connectivity index (χ4v) is 3.91. The Bertz CT molecular complexity index is 1120. The fourth-order valence-electron chi connectivity index (χ4n) is 3.29. The second-order valence-corrected chi connectivity index (χ2v) is 7.59. The van der Waals surface area contributed by atoms with Gasteiger partial charge in [0.15, 0.2) is 5.43 Å². The standard InChI is InChI=1S/C23H20N2OS/c1-2-27-23-15-21-20(16-24-23)22(26)14-19(13-17-9-5-3-6-10-17)25(21)18-11-7-4-8-12-18/h3-12,14-16H,2,13H2,1H3. The molecule has 134 valence electrons. The normalized spacial score (nSPS) is 11.0. The summed E-state index contributed by atoms with van der Waals surface area (Å²) in [6, 6.07) is 24.2. The zero-order valence-electron chi connectivity index (χ0n) is 15.1. The lowest BCUT2D eigenvalue weighted by molar-refractivity contribution is 0.954. The smallest absolute Gasteiger partial charge is 0.191 e. The first-order chi connectivity index (χ1) is 13.3. The third kappa shape index (κ3) is 3.67. The lowest BCUT2D eigenvalue weighted by Gasteiger charge is -2.17. The summed E-state index contributed by atoms with van der Waals surface area (Å²) in [5, 5.41) is 1.59. The summed E-state index contributed by atoms with van der Waals surface area (Å²) >= 11 is 1.68. The van der Waals surface area contributed by atoms with Gasteiger partial charge in [-0.1, -0.05) is 55.5 Å². The van der Waals surface area contributed by atoms with E-state index in [1.54, 1.807) is 24.0 Å². The molecule has 0 amide bonds. The number of para-hydroxylation sites is 1. The van der Waals surface area contributed by atoms with Gasteiger partial charge in [-0.2, -0.15) is 0 Å². The summed E-state index contributed by atoms with van der Waals surface area (Å²) in [5.74, 6) is 0.942. The zero-order chi connectivity index (χ0) is 18.6. The number of aromatic nitrogens is 2. The van der Waals surface area contributed by atoms with Crippen LogP contribution in [0.1, 0.15) is 18.2 Å². The number of benzene rings is 2.